The Balaban J connectivity index is 2.60. The number of carbonyl (C=O) groups excluding carboxylic acids is 2. The predicted molar refractivity (Wildman–Crippen MR) is 65.0 cm³/mol. The van der Waals surface area contributed by atoms with E-state index in [2.05, 4.69) is 5.32 Å². The molecule has 1 aromatic carbocycles. The quantitative estimate of drug-likeness (QED) is 0.669. The van der Waals surface area contributed by atoms with Crippen LogP contribution in [0.25, 0.3) is 0 Å². The first kappa shape index (κ1) is 13.2. The summed E-state index contributed by atoms with van der Waals surface area (Å²) in [4.78, 5) is 22.4. The van der Waals surface area contributed by atoms with Gasteiger partial charge in [-0.25, -0.2) is 0 Å². The highest BCUT2D eigenvalue weighted by Crippen LogP contribution is 2.04. The fraction of sp³-hybridized carbons (Fsp3) is 0.333. The van der Waals surface area contributed by atoms with Gasteiger partial charge in [0.1, 0.15) is 0 Å². The Labute approximate surface area is 100 Å². The van der Waals surface area contributed by atoms with Gasteiger partial charge in [-0.3, -0.25) is 9.59 Å². The number of hydrogen-bond donors (Lipinski definition) is 3. The van der Waals surface area contributed by atoms with Gasteiger partial charge in [0.25, 0.3) is 0 Å². The monoisotopic (exact) mass is 235 g/mol. The highest BCUT2D eigenvalue weighted by molar-refractivity contribution is 5.92. The van der Waals surface area contributed by atoms with E-state index in [1.54, 1.807) is 25.1 Å². The third kappa shape index (κ3) is 3.88. The summed E-state index contributed by atoms with van der Waals surface area (Å²) in [7, 11) is 0. The molecule has 0 radical (unpaired) electrons. The van der Waals surface area contributed by atoms with Gasteiger partial charge in [-0.05, 0) is 17.7 Å². The Morgan fingerprint density at radius 2 is 2.12 bits per heavy atom. The van der Waals surface area contributed by atoms with E-state index in [1.165, 1.54) is 0 Å². The second-order valence-electron chi connectivity index (χ2n) is 3.92. The standard InChI is InChI=1S/C12H17N3O2/c1-8(6-13)12(17)15-7-9-3-2-4-10(5-9)11(14)16/h2-5,8H,6-7,13H2,1H3,(H2,14,16)(H,15,17). The van der Waals surface area contributed by atoms with E-state index >= 15 is 0 Å². The van der Waals surface area contributed by atoms with Crippen LogP contribution in [0.15, 0.2) is 24.3 Å². The van der Waals surface area contributed by atoms with Gasteiger partial charge in [0, 0.05) is 24.6 Å². The summed E-state index contributed by atoms with van der Waals surface area (Å²) in [6.07, 6.45) is 0. The number of nitrogens with one attached hydrogen (secondary N) is 1. The third-order valence-electron chi connectivity index (χ3n) is 2.48. The van der Waals surface area contributed by atoms with E-state index in [9.17, 15) is 9.59 Å². The SMILES string of the molecule is CC(CN)C(=O)NCc1cccc(C(N)=O)c1. The first-order valence-corrected chi connectivity index (χ1v) is 5.41. The minimum absolute atomic E-state index is 0.100. The highest BCUT2D eigenvalue weighted by atomic mass is 16.2. The van der Waals surface area contributed by atoms with Crippen molar-refractivity contribution >= 4 is 11.8 Å². The molecule has 0 aliphatic rings. The molecule has 0 heterocycles. The number of rotatable bonds is 5. The number of amides is 2. The zero-order valence-corrected chi connectivity index (χ0v) is 9.77. The number of carbonyl (C=O) groups is 2. The van der Waals surface area contributed by atoms with Crippen molar-refractivity contribution < 1.29 is 9.59 Å². The van der Waals surface area contributed by atoms with Crippen molar-refractivity contribution in [1.82, 2.24) is 5.32 Å². The van der Waals surface area contributed by atoms with Crippen LogP contribution in [0.5, 0.6) is 0 Å². The Morgan fingerprint density at radius 1 is 1.41 bits per heavy atom. The summed E-state index contributed by atoms with van der Waals surface area (Å²) in [5.41, 5.74) is 11.8. The van der Waals surface area contributed by atoms with Gasteiger partial charge in [0.2, 0.25) is 11.8 Å². The molecule has 5 N–H and O–H groups in total. The van der Waals surface area contributed by atoms with E-state index in [4.69, 9.17) is 11.5 Å². The van der Waals surface area contributed by atoms with Gasteiger partial charge < -0.3 is 16.8 Å². The zero-order chi connectivity index (χ0) is 12.8. The summed E-state index contributed by atoms with van der Waals surface area (Å²) in [6.45, 7) is 2.44. The Bertz CT molecular complexity index is 418. The molecule has 0 aliphatic carbocycles. The molecule has 0 aromatic heterocycles. The molecule has 5 nitrogen and oxygen atoms in total. The molecule has 2 amide bonds. The molecule has 1 aromatic rings. The van der Waals surface area contributed by atoms with Crippen molar-refractivity contribution in [3.05, 3.63) is 35.4 Å². The lowest BCUT2D eigenvalue weighted by Gasteiger charge is -2.10. The van der Waals surface area contributed by atoms with Crippen LogP contribution < -0.4 is 16.8 Å². The summed E-state index contributed by atoms with van der Waals surface area (Å²) in [5.74, 6) is -0.792. The average Bonchev–Trinajstić information content (AvgIpc) is 2.35. The lowest BCUT2D eigenvalue weighted by Crippen LogP contribution is -2.32. The van der Waals surface area contributed by atoms with E-state index in [0.29, 0.717) is 18.7 Å². The van der Waals surface area contributed by atoms with E-state index < -0.39 is 5.91 Å². The van der Waals surface area contributed by atoms with Gasteiger partial charge >= 0.3 is 0 Å². The largest absolute Gasteiger partial charge is 0.366 e. The van der Waals surface area contributed by atoms with Crippen LogP contribution in [0.2, 0.25) is 0 Å². The topological polar surface area (TPSA) is 98.2 Å². The minimum atomic E-state index is -0.478. The maximum absolute atomic E-state index is 11.5. The summed E-state index contributed by atoms with van der Waals surface area (Å²) in [6, 6.07) is 6.85. The summed E-state index contributed by atoms with van der Waals surface area (Å²) in [5, 5.41) is 2.74. The summed E-state index contributed by atoms with van der Waals surface area (Å²) >= 11 is 0. The van der Waals surface area contributed by atoms with Crippen molar-refractivity contribution in [1.29, 1.82) is 0 Å². The van der Waals surface area contributed by atoms with Crippen LogP contribution in [-0.2, 0) is 11.3 Å². The molecule has 0 bridgehead atoms. The molecule has 0 saturated carbocycles. The lowest BCUT2D eigenvalue weighted by molar-refractivity contribution is -0.124. The smallest absolute Gasteiger partial charge is 0.248 e. The molecule has 1 atom stereocenters. The van der Waals surface area contributed by atoms with Crippen LogP contribution in [0.4, 0.5) is 0 Å². The Morgan fingerprint density at radius 3 is 2.71 bits per heavy atom. The van der Waals surface area contributed by atoms with Gasteiger partial charge in [-0.2, -0.15) is 0 Å². The summed E-state index contributed by atoms with van der Waals surface area (Å²) < 4.78 is 0. The maximum Gasteiger partial charge on any atom is 0.248 e. The first-order chi connectivity index (χ1) is 8.04. The van der Waals surface area contributed by atoms with E-state index in [0.717, 1.165) is 5.56 Å². The second-order valence-corrected chi connectivity index (χ2v) is 3.92. The molecule has 92 valence electrons. The molecule has 0 fully saturated rings. The molecule has 0 aliphatic heterocycles. The number of benzene rings is 1. The number of hydrogen-bond acceptors (Lipinski definition) is 3. The van der Waals surface area contributed by atoms with Crippen molar-refractivity contribution in [2.45, 2.75) is 13.5 Å². The maximum atomic E-state index is 11.5. The average molecular weight is 235 g/mol. The van der Waals surface area contributed by atoms with Crippen LogP contribution in [0.3, 0.4) is 0 Å². The first-order valence-electron chi connectivity index (χ1n) is 5.41. The molecular formula is C12H17N3O2. The van der Waals surface area contributed by atoms with Crippen molar-refractivity contribution in [3.63, 3.8) is 0 Å². The van der Waals surface area contributed by atoms with E-state index in [1.807, 2.05) is 6.07 Å². The molecule has 1 rings (SSSR count). The molecular weight excluding hydrogens is 218 g/mol. The predicted octanol–water partition coefficient (Wildman–Crippen LogP) is -0.00350. The number of nitrogens with two attached hydrogens (primary N) is 2. The fourth-order valence-electron chi connectivity index (χ4n) is 1.31. The minimum Gasteiger partial charge on any atom is -0.366 e. The van der Waals surface area contributed by atoms with Crippen LogP contribution >= 0.6 is 0 Å². The second kappa shape index (κ2) is 6.00. The van der Waals surface area contributed by atoms with Gasteiger partial charge in [-0.1, -0.05) is 19.1 Å². The van der Waals surface area contributed by atoms with Crippen molar-refractivity contribution in [2.75, 3.05) is 6.54 Å². The normalized spacial score (nSPS) is 11.9. The third-order valence-corrected chi connectivity index (χ3v) is 2.48. The highest BCUT2D eigenvalue weighted by Gasteiger charge is 2.10. The molecule has 1 unspecified atom stereocenters. The van der Waals surface area contributed by atoms with Gasteiger partial charge in [0.05, 0.1) is 0 Å². The van der Waals surface area contributed by atoms with Crippen LogP contribution in [0.1, 0.15) is 22.8 Å². The lowest BCUT2D eigenvalue weighted by atomic mass is 10.1. The molecule has 5 heteroatoms. The Kier molecular flexibility index (Phi) is 4.66. The number of primary amides is 1. The van der Waals surface area contributed by atoms with Crippen molar-refractivity contribution in [3.8, 4) is 0 Å². The van der Waals surface area contributed by atoms with Crippen LogP contribution in [0, 0.1) is 5.92 Å². The van der Waals surface area contributed by atoms with Gasteiger partial charge in [-0.15, -0.1) is 0 Å². The molecule has 0 spiro atoms. The molecule has 0 saturated heterocycles. The molecule has 17 heavy (non-hydrogen) atoms. The van der Waals surface area contributed by atoms with E-state index in [-0.39, 0.29) is 11.8 Å². The van der Waals surface area contributed by atoms with Crippen molar-refractivity contribution in [2.24, 2.45) is 17.4 Å². The van der Waals surface area contributed by atoms with Gasteiger partial charge in [0.15, 0.2) is 0 Å². The fourth-order valence-corrected chi connectivity index (χ4v) is 1.31. The zero-order valence-electron chi connectivity index (χ0n) is 9.77. The Hall–Kier alpha value is -1.88. The van der Waals surface area contributed by atoms with Crippen LogP contribution in [-0.4, -0.2) is 18.4 Å².